The topological polar surface area (TPSA) is 88.5 Å². The number of benzene rings is 4. The molecule has 5 rings (SSSR count). The highest BCUT2D eigenvalue weighted by Crippen LogP contribution is 2.44. The fraction of sp³-hybridized carbons (Fsp3) is 0.0385. The van der Waals surface area contributed by atoms with Crippen molar-refractivity contribution in [2.75, 3.05) is 11.8 Å². The van der Waals surface area contributed by atoms with Crippen LogP contribution in [0.1, 0.15) is 0 Å². The first kappa shape index (κ1) is 23.3. The summed E-state index contributed by atoms with van der Waals surface area (Å²) in [6.07, 6.45) is 1.71. The molecule has 2 N–H and O–H groups in total. The maximum absolute atomic E-state index is 13.2. The second-order valence-electron chi connectivity index (χ2n) is 7.65. The van der Waals surface area contributed by atoms with E-state index in [9.17, 15) is 13.5 Å². The quantitative estimate of drug-likeness (QED) is 0.241. The number of methoxy groups -OCH3 is 1. The molecule has 1 heterocycles. The van der Waals surface area contributed by atoms with Gasteiger partial charge in [0.05, 0.1) is 33.1 Å². The van der Waals surface area contributed by atoms with Crippen LogP contribution in [-0.4, -0.2) is 25.6 Å². The Morgan fingerprint density at radius 1 is 0.943 bits per heavy atom. The van der Waals surface area contributed by atoms with Crippen molar-refractivity contribution >= 4 is 60.7 Å². The number of aromatic nitrogens is 1. The van der Waals surface area contributed by atoms with E-state index < -0.39 is 10.0 Å². The largest absolute Gasteiger partial charge is 0.506 e. The van der Waals surface area contributed by atoms with E-state index in [4.69, 9.17) is 16.3 Å². The Kier molecular flexibility index (Phi) is 6.19. The van der Waals surface area contributed by atoms with Gasteiger partial charge >= 0.3 is 0 Å². The smallest absolute Gasteiger partial charge is 0.261 e. The number of nitrogens with zero attached hydrogens (tertiary/aromatic N) is 1. The van der Waals surface area contributed by atoms with Crippen LogP contribution in [0.15, 0.2) is 99.7 Å². The second kappa shape index (κ2) is 9.30. The van der Waals surface area contributed by atoms with E-state index in [-0.39, 0.29) is 15.7 Å². The van der Waals surface area contributed by atoms with E-state index in [1.165, 1.54) is 37.1 Å². The predicted octanol–water partition coefficient (Wildman–Crippen LogP) is 6.71. The highest BCUT2D eigenvalue weighted by molar-refractivity contribution is 7.99. The molecule has 4 aromatic carbocycles. The van der Waals surface area contributed by atoms with Crippen molar-refractivity contribution in [1.82, 2.24) is 4.98 Å². The molecule has 0 saturated heterocycles. The molecule has 0 bridgehead atoms. The number of phenolic OH excluding ortho intramolecular Hbond substituents is 1. The van der Waals surface area contributed by atoms with E-state index in [1.807, 2.05) is 30.3 Å². The summed E-state index contributed by atoms with van der Waals surface area (Å²) in [5.74, 6) is 0.442. The van der Waals surface area contributed by atoms with Gasteiger partial charge in [-0.1, -0.05) is 65.8 Å². The Morgan fingerprint density at radius 3 is 2.49 bits per heavy atom. The zero-order valence-electron chi connectivity index (χ0n) is 18.4. The average Bonchev–Trinajstić information content (AvgIpc) is 2.87. The fourth-order valence-corrected chi connectivity index (χ4v) is 6.24. The van der Waals surface area contributed by atoms with Gasteiger partial charge in [0, 0.05) is 27.3 Å². The molecule has 0 amide bonds. The number of aromatic hydroxyl groups is 1. The van der Waals surface area contributed by atoms with Gasteiger partial charge in [0.25, 0.3) is 10.0 Å². The molecular formula is C26H19ClN2O4S2. The molecule has 176 valence electrons. The summed E-state index contributed by atoms with van der Waals surface area (Å²) >= 11 is 7.48. The lowest BCUT2D eigenvalue weighted by atomic mass is 10.1. The number of pyridine rings is 1. The molecule has 5 aromatic rings. The van der Waals surface area contributed by atoms with E-state index in [0.29, 0.717) is 27.1 Å². The summed E-state index contributed by atoms with van der Waals surface area (Å²) < 4.78 is 34.3. The molecule has 0 saturated carbocycles. The third kappa shape index (κ3) is 4.48. The first-order valence-electron chi connectivity index (χ1n) is 10.5. The predicted molar refractivity (Wildman–Crippen MR) is 140 cm³/mol. The van der Waals surface area contributed by atoms with Gasteiger partial charge in [-0.25, -0.2) is 8.42 Å². The summed E-state index contributed by atoms with van der Waals surface area (Å²) in [6, 6.07) is 22.6. The number of ether oxygens (including phenoxy) is 1. The van der Waals surface area contributed by atoms with E-state index in [2.05, 4.69) is 9.71 Å². The normalized spacial score (nSPS) is 11.6. The van der Waals surface area contributed by atoms with Gasteiger partial charge in [0.1, 0.15) is 11.5 Å². The SMILES string of the molecule is COc1ccc(S(=O)(=O)Nc2cc(Sc3cccc4cccnc34)c(O)c3ccccc23)cc1Cl. The third-order valence-corrected chi connectivity index (χ3v) is 8.21. The second-order valence-corrected chi connectivity index (χ2v) is 10.8. The first-order valence-corrected chi connectivity index (χ1v) is 13.2. The van der Waals surface area contributed by atoms with Gasteiger partial charge in [-0.05, 0) is 36.4 Å². The van der Waals surface area contributed by atoms with Crippen LogP contribution in [0.4, 0.5) is 5.69 Å². The average molecular weight is 523 g/mol. The van der Waals surface area contributed by atoms with Crippen molar-refractivity contribution in [3.63, 3.8) is 0 Å². The van der Waals surface area contributed by atoms with Crippen molar-refractivity contribution in [1.29, 1.82) is 0 Å². The number of anilines is 1. The van der Waals surface area contributed by atoms with Gasteiger partial charge in [-0.3, -0.25) is 9.71 Å². The van der Waals surface area contributed by atoms with Gasteiger partial charge in [0.2, 0.25) is 0 Å². The molecule has 1 aromatic heterocycles. The zero-order valence-corrected chi connectivity index (χ0v) is 20.8. The summed E-state index contributed by atoms with van der Waals surface area (Å²) in [5.41, 5.74) is 1.13. The van der Waals surface area contributed by atoms with Crippen molar-refractivity contribution in [3.05, 3.63) is 90.1 Å². The minimum absolute atomic E-state index is 0.00656. The maximum atomic E-state index is 13.2. The third-order valence-electron chi connectivity index (χ3n) is 5.47. The van der Waals surface area contributed by atoms with Crippen LogP contribution in [0.3, 0.4) is 0 Å². The Bertz CT molecular complexity index is 1690. The van der Waals surface area contributed by atoms with E-state index >= 15 is 0 Å². The molecule has 0 spiro atoms. The molecule has 0 aliphatic rings. The number of hydrogen-bond acceptors (Lipinski definition) is 6. The number of sulfonamides is 1. The minimum Gasteiger partial charge on any atom is -0.506 e. The molecular weight excluding hydrogens is 504 g/mol. The summed E-state index contributed by atoms with van der Waals surface area (Å²) in [5, 5.41) is 13.3. The first-order chi connectivity index (χ1) is 16.9. The van der Waals surface area contributed by atoms with Crippen molar-refractivity contribution in [3.8, 4) is 11.5 Å². The van der Waals surface area contributed by atoms with Crippen LogP contribution < -0.4 is 9.46 Å². The lowest BCUT2D eigenvalue weighted by Gasteiger charge is -2.16. The van der Waals surface area contributed by atoms with Gasteiger partial charge in [-0.2, -0.15) is 0 Å². The molecule has 0 unspecified atom stereocenters. The lowest BCUT2D eigenvalue weighted by molar-refractivity contribution is 0.414. The maximum Gasteiger partial charge on any atom is 0.261 e. The number of phenols is 1. The van der Waals surface area contributed by atoms with Gasteiger partial charge in [0.15, 0.2) is 0 Å². The molecule has 35 heavy (non-hydrogen) atoms. The van der Waals surface area contributed by atoms with Gasteiger partial charge < -0.3 is 9.84 Å². The standard InChI is InChI=1S/C26H19ClN2O4S2/c1-33-22-12-11-17(14-20(22)27)35(31,32)29-21-15-24(26(30)19-9-3-2-8-18(19)21)34-23-10-4-6-16-7-5-13-28-25(16)23/h2-15,29-30H,1H3. The highest BCUT2D eigenvalue weighted by atomic mass is 35.5. The molecule has 6 nitrogen and oxygen atoms in total. The number of nitrogens with one attached hydrogen (secondary N) is 1. The molecule has 0 aliphatic carbocycles. The Balaban J connectivity index is 1.61. The van der Waals surface area contributed by atoms with Crippen LogP contribution in [0.2, 0.25) is 5.02 Å². The lowest BCUT2D eigenvalue weighted by Crippen LogP contribution is -2.13. The highest BCUT2D eigenvalue weighted by Gasteiger charge is 2.20. The number of rotatable bonds is 6. The number of fused-ring (bicyclic) bond motifs is 2. The number of hydrogen-bond donors (Lipinski definition) is 2. The monoisotopic (exact) mass is 522 g/mol. The fourth-order valence-electron chi connectivity index (χ4n) is 3.79. The Labute approximate surface area is 211 Å². The summed E-state index contributed by atoms with van der Waals surface area (Å²) in [4.78, 5) is 5.80. The molecule has 0 radical (unpaired) electrons. The van der Waals surface area contributed by atoms with Crippen LogP contribution in [0, 0.1) is 0 Å². The summed E-state index contributed by atoms with van der Waals surface area (Å²) in [6.45, 7) is 0. The van der Waals surface area contributed by atoms with Crippen LogP contribution in [-0.2, 0) is 10.0 Å². The molecule has 0 fully saturated rings. The zero-order chi connectivity index (χ0) is 24.6. The van der Waals surface area contributed by atoms with Crippen molar-refractivity contribution < 1.29 is 18.3 Å². The van der Waals surface area contributed by atoms with Crippen LogP contribution in [0.25, 0.3) is 21.7 Å². The Morgan fingerprint density at radius 2 is 1.71 bits per heavy atom. The molecule has 9 heteroatoms. The van der Waals surface area contributed by atoms with Gasteiger partial charge in [-0.15, -0.1) is 0 Å². The van der Waals surface area contributed by atoms with E-state index in [1.54, 1.807) is 36.5 Å². The summed E-state index contributed by atoms with van der Waals surface area (Å²) in [7, 11) is -2.52. The molecule has 0 aliphatic heterocycles. The van der Waals surface area contributed by atoms with Crippen molar-refractivity contribution in [2.24, 2.45) is 0 Å². The minimum atomic E-state index is -3.98. The van der Waals surface area contributed by atoms with Crippen molar-refractivity contribution in [2.45, 2.75) is 14.7 Å². The van der Waals surface area contributed by atoms with E-state index in [0.717, 1.165) is 15.8 Å². The molecule has 0 atom stereocenters. The van der Waals surface area contributed by atoms with Crippen LogP contribution in [0.5, 0.6) is 11.5 Å². The Hall–Kier alpha value is -3.46. The number of para-hydroxylation sites is 1. The van der Waals surface area contributed by atoms with Crippen LogP contribution >= 0.6 is 23.4 Å². The number of halogens is 1.